The van der Waals surface area contributed by atoms with Crippen LogP contribution in [0.25, 0.3) is 11.5 Å². The Labute approximate surface area is 149 Å². The van der Waals surface area contributed by atoms with Gasteiger partial charge < -0.3 is 15.1 Å². The molecule has 1 saturated heterocycles. The summed E-state index contributed by atoms with van der Waals surface area (Å²) in [5.74, 6) is -0.900. The summed E-state index contributed by atoms with van der Waals surface area (Å²) in [7, 11) is 0. The van der Waals surface area contributed by atoms with E-state index in [1.165, 1.54) is 12.1 Å². The number of anilines is 1. The third-order valence-electron chi connectivity index (χ3n) is 4.20. The van der Waals surface area contributed by atoms with Crippen LogP contribution in [0.5, 0.6) is 0 Å². The maximum Gasteiger partial charge on any atom is 0.434 e. The van der Waals surface area contributed by atoms with Crippen molar-refractivity contribution in [3.05, 3.63) is 33.5 Å². The van der Waals surface area contributed by atoms with Crippen LogP contribution in [0.1, 0.15) is 19.8 Å². The Bertz CT molecular complexity index is 743. The molecule has 1 atom stereocenters. The molecule has 0 spiro atoms. The van der Waals surface area contributed by atoms with Crippen LogP contribution in [0, 0.1) is 11.7 Å². The van der Waals surface area contributed by atoms with Crippen molar-refractivity contribution in [1.29, 1.82) is 0 Å². The van der Waals surface area contributed by atoms with E-state index in [2.05, 4.69) is 27.8 Å². The molecule has 1 aromatic heterocycles. The lowest BCUT2D eigenvalue weighted by Gasteiger charge is -2.29. The van der Waals surface area contributed by atoms with E-state index >= 15 is 0 Å². The molecule has 0 aliphatic carbocycles. The summed E-state index contributed by atoms with van der Waals surface area (Å²) in [4.78, 5) is 11.1. The van der Waals surface area contributed by atoms with Gasteiger partial charge >= 0.3 is 5.76 Å². The minimum atomic E-state index is -0.730. The van der Waals surface area contributed by atoms with Crippen molar-refractivity contribution in [1.82, 2.24) is 15.5 Å². The molecule has 1 fully saturated rings. The van der Waals surface area contributed by atoms with Gasteiger partial charge in [0.05, 0.1) is 16.3 Å². The summed E-state index contributed by atoms with van der Waals surface area (Å²) in [5, 5.41) is 12.7. The Balaban J connectivity index is 0.00000208. The van der Waals surface area contributed by atoms with Gasteiger partial charge in [-0.2, -0.15) is 0 Å². The fourth-order valence-electron chi connectivity index (χ4n) is 2.88. The largest absolute Gasteiger partial charge is 0.434 e. The Morgan fingerprint density at radius 1 is 1.42 bits per heavy atom. The van der Waals surface area contributed by atoms with Crippen LogP contribution < -0.4 is 16.4 Å². The first-order valence-corrected chi connectivity index (χ1v) is 7.94. The maximum atomic E-state index is 14.1. The van der Waals surface area contributed by atoms with E-state index in [0.717, 1.165) is 25.9 Å². The average Bonchev–Trinajstić information content (AvgIpc) is 2.97. The van der Waals surface area contributed by atoms with Crippen molar-refractivity contribution in [2.75, 3.05) is 18.4 Å². The molecule has 2 aromatic rings. The number of hydrogen-bond acceptors (Lipinski definition) is 5. The SMILES string of the molecule is CC(Nc1cc(-c2n[nH]c(=O)o2)c(F)cc1Cl)C1CCNCC1.Cl. The number of rotatable bonds is 4. The number of halogens is 3. The molecule has 1 aliphatic heterocycles. The van der Waals surface area contributed by atoms with Crippen molar-refractivity contribution in [3.8, 4) is 11.5 Å². The molecule has 132 valence electrons. The topological polar surface area (TPSA) is 83.0 Å². The van der Waals surface area contributed by atoms with Gasteiger partial charge in [0.2, 0.25) is 0 Å². The normalized spacial score (nSPS) is 16.5. The lowest BCUT2D eigenvalue weighted by Crippen LogP contribution is -2.36. The molecule has 0 saturated carbocycles. The monoisotopic (exact) mass is 376 g/mol. The van der Waals surface area contributed by atoms with Gasteiger partial charge in [0.25, 0.3) is 5.89 Å². The summed E-state index contributed by atoms with van der Waals surface area (Å²) in [6.45, 7) is 4.08. The summed E-state index contributed by atoms with van der Waals surface area (Å²) in [6.07, 6.45) is 2.15. The predicted molar refractivity (Wildman–Crippen MR) is 93.5 cm³/mol. The zero-order chi connectivity index (χ0) is 16.4. The average molecular weight is 377 g/mol. The molecule has 1 unspecified atom stereocenters. The second-order valence-corrected chi connectivity index (χ2v) is 6.16. The van der Waals surface area contributed by atoms with Crippen LogP contribution in [0.4, 0.5) is 10.1 Å². The van der Waals surface area contributed by atoms with E-state index in [1.54, 1.807) is 0 Å². The predicted octanol–water partition coefficient (Wildman–Crippen LogP) is 3.04. The Morgan fingerprint density at radius 3 is 2.75 bits per heavy atom. The lowest BCUT2D eigenvalue weighted by atomic mass is 9.91. The highest BCUT2D eigenvalue weighted by atomic mass is 35.5. The molecule has 1 aliphatic rings. The van der Waals surface area contributed by atoms with Crippen molar-refractivity contribution < 1.29 is 8.81 Å². The van der Waals surface area contributed by atoms with E-state index in [0.29, 0.717) is 11.6 Å². The Hall–Kier alpha value is -1.57. The van der Waals surface area contributed by atoms with E-state index in [4.69, 9.17) is 16.0 Å². The van der Waals surface area contributed by atoms with Crippen LogP contribution >= 0.6 is 24.0 Å². The van der Waals surface area contributed by atoms with Gasteiger partial charge in [-0.25, -0.2) is 14.3 Å². The maximum absolute atomic E-state index is 14.1. The molecule has 0 radical (unpaired) electrons. The number of nitrogens with zero attached hydrogens (tertiary/aromatic N) is 1. The van der Waals surface area contributed by atoms with Crippen LogP contribution in [0.2, 0.25) is 5.02 Å². The Morgan fingerprint density at radius 2 is 2.12 bits per heavy atom. The minimum Gasteiger partial charge on any atom is -0.388 e. The van der Waals surface area contributed by atoms with Gasteiger partial charge in [0, 0.05) is 6.04 Å². The summed E-state index contributed by atoms with van der Waals surface area (Å²) in [5.41, 5.74) is 0.688. The number of hydrogen-bond donors (Lipinski definition) is 3. The molecule has 9 heteroatoms. The zero-order valence-electron chi connectivity index (χ0n) is 13.1. The summed E-state index contributed by atoms with van der Waals surface area (Å²) >= 11 is 6.14. The number of benzene rings is 1. The molecule has 2 heterocycles. The second kappa shape index (κ2) is 8.00. The van der Waals surface area contributed by atoms with E-state index in [1.807, 2.05) is 0 Å². The van der Waals surface area contributed by atoms with Crippen LogP contribution in [0.15, 0.2) is 21.3 Å². The third-order valence-corrected chi connectivity index (χ3v) is 4.51. The van der Waals surface area contributed by atoms with Gasteiger partial charge in [-0.15, -0.1) is 17.5 Å². The van der Waals surface area contributed by atoms with Crippen molar-refractivity contribution in [3.63, 3.8) is 0 Å². The van der Waals surface area contributed by atoms with E-state index < -0.39 is 11.6 Å². The van der Waals surface area contributed by atoms with Crippen LogP contribution in [-0.2, 0) is 0 Å². The molecule has 1 aromatic carbocycles. The summed E-state index contributed by atoms with van der Waals surface area (Å²) in [6, 6.07) is 2.91. The fourth-order valence-corrected chi connectivity index (χ4v) is 3.08. The molecule has 3 rings (SSSR count). The highest BCUT2D eigenvalue weighted by Gasteiger charge is 2.22. The quantitative estimate of drug-likeness (QED) is 0.763. The second-order valence-electron chi connectivity index (χ2n) is 5.75. The number of piperidine rings is 1. The zero-order valence-corrected chi connectivity index (χ0v) is 14.6. The number of H-pyrrole nitrogens is 1. The smallest absolute Gasteiger partial charge is 0.388 e. The highest BCUT2D eigenvalue weighted by Crippen LogP contribution is 2.32. The van der Waals surface area contributed by atoms with Gasteiger partial charge in [0.1, 0.15) is 5.82 Å². The standard InChI is InChI=1S/C15H18ClFN4O2.ClH/c1-8(9-2-4-18-5-3-9)19-13-6-10(12(17)7-11(13)16)14-20-21-15(22)23-14;/h6-9,18-19H,2-5H2,1H3,(H,21,22);1H. The van der Waals surface area contributed by atoms with Crippen LogP contribution in [0.3, 0.4) is 0 Å². The van der Waals surface area contributed by atoms with E-state index in [-0.39, 0.29) is 34.9 Å². The molecule has 3 N–H and O–H groups in total. The number of aromatic nitrogens is 2. The molecule has 6 nitrogen and oxygen atoms in total. The first kappa shape index (κ1) is 18.8. The first-order valence-electron chi connectivity index (χ1n) is 7.57. The minimum absolute atomic E-state index is 0. The highest BCUT2D eigenvalue weighted by molar-refractivity contribution is 6.33. The van der Waals surface area contributed by atoms with Gasteiger partial charge in [-0.1, -0.05) is 11.6 Å². The molecule has 0 amide bonds. The third kappa shape index (κ3) is 4.09. The van der Waals surface area contributed by atoms with Crippen molar-refractivity contribution in [2.24, 2.45) is 5.92 Å². The Kier molecular flexibility index (Phi) is 6.26. The molecule has 0 bridgehead atoms. The van der Waals surface area contributed by atoms with Crippen molar-refractivity contribution >= 4 is 29.7 Å². The van der Waals surface area contributed by atoms with Gasteiger partial charge in [-0.3, -0.25) is 0 Å². The van der Waals surface area contributed by atoms with Gasteiger partial charge in [-0.05, 0) is 50.9 Å². The van der Waals surface area contributed by atoms with Crippen LogP contribution in [-0.4, -0.2) is 29.3 Å². The number of nitrogens with one attached hydrogen (secondary N) is 3. The van der Waals surface area contributed by atoms with Crippen molar-refractivity contribution in [2.45, 2.75) is 25.8 Å². The lowest BCUT2D eigenvalue weighted by molar-refractivity contribution is 0.343. The van der Waals surface area contributed by atoms with E-state index in [9.17, 15) is 9.18 Å². The molecular weight excluding hydrogens is 358 g/mol. The fraction of sp³-hybridized carbons (Fsp3) is 0.467. The molecular formula is C15H19Cl2FN4O2. The number of aromatic amines is 1. The van der Waals surface area contributed by atoms with Gasteiger partial charge in [0.15, 0.2) is 0 Å². The molecule has 24 heavy (non-hydrogen) atoms. The summed E-state index contributed by atoms with van der Waals surface area (Å²) < 4.78 is 18.9. The first-order chi connectivity index (χ1) is 11.0.